The lowest BCUT2D eigenvalue weighted by atomic mass is 10.1. The summed E-state index contributed by atoms with van der Waals surface area (Å²) in [7, 11) is 0. The van der Waals surface area contributed by atoms with Gasteiger partial charge in [0.2, 0.25) is 5.82 Å². The van der Waals surface area contributed by atoms with Gasteiger partial charge in [0.25, 0.3) is 0 Å². The summed E-state index contributed by atoms with van der Waals surface area (Å²) in [6.07, 6.45) is -2.88. The van der Waals surface area contributed by atoms with Gasteiger partial charge in [-0.2, -0.15) is 0 Å². The van der Waals surface area contributed by atoms with Crippen LogP contribution in [0, 0.1) is 11.8 Å². The Kier molecular flexibility index (Phi) is 6.29. The number of aliphatic hydroxyl groups excluding tert-OH is 3. The summed E-state index contributed by atoms with van der Waals surface area (Å²) in [4.78, 5) is 13.2. The molecule has 4 N–H and O–H groups in total. The molecule has 31 heavy (non-hydrogen) atoms. The second-order valence-electron chi connectivity index (χ2n) is 6.88. The van der Waals surface area contributed by atoms with Crippen LogP contribution >= 0.6 is 0 Å². The molecule has 1 fully saturated rings. The van der Waals surface area contributed by atoms with Gasteiger partial charge in [-0.05, 0) is 25.0 Å². The van der Waals surface area contributed by atoms with Crippen molar-refractivity contribution in [1.29, 1.82) is 0 Å². The molecule has 0 spiro atoms. The fourth-order valence-corrected chi connectivity index (χ4v) is 3.31. The number of nitrogens with zero attached hydrogens (tertiary/aromatic N) is 4. The van der Waals surface area contributed by atoms with E-state index in [-0.39, 0.29) is 12.4 Å². The molecule has 0 radical (unpaired) electrons. The number of anilines is 1. The molecule has 10 nitrogen and oxygen atoms in total. The van der Waals surface area contributed by atoms with Crippen LogP contribution in [0.3, 0.4) is 0 Å². The van der Waals surface area contributed by atoms with E-state index >= 15 is 0 Å². The SMILES string of the molecule is CCNc1nc(C#CCOc2ccccc2)nc2c1ncn2[C@@H]1O[C@H](CO)[C@@H](O)[C@H]1O. The van der Waals surface area contributed by atoms with Gasteiger partial charge < -0.3 is 30.1 Å². The zero-order valence-electron chi connectivity index (χ0n) is 16.8. The number of ether oxygens (including phenoxy) is 2. The molecule has 4 atom stereocenters. The number of nitrogens with one attached hydrogen (secondary N) is 1. The number of rotatable bonds is 6. The Hall–Kier alpha value is -3.23. The van der Waals surface area contributed by atoms with Crippen LogP contribution in [-0.2, 0) is 4.74 Å². The fraction of sp³-hybridized carbons (Fsp3) is 0.381. The van der Waals surface area contributed by atoms with Crippen LogP contribution in [0.25, 0.3) is 11.2 Å². The van der Waals surface area contributed by atoms with E-state index in [0.29, 0.717) is 29.3 Å². The standard InChI is InChI=1S/C21H23N5O5/c1-2-22-19-16-20(26(12-23-16)21-18(29)17(28)14(11-27)31-21)25-15(24-19)9-6-10-30-13-7-4-3-5-8-13/h3-5,7-8,12,14,17-18,21,27-29H,2,10-11H2,1H3,(H,22,24,25)/t14-,17-,18-,21-/m1/s1. The summed E-state index contributed by atoms with van der Waals surface area (Å²) >= 11 is 0. The number of benzene rings is 1. The van der Waals surface area contributed by atoms with Crippen molar-refractivity contribution in [2.24, 2.45) is 0 Å². The summed E-state index contributed by atoms with van der Waals surface area (Å²) in [5.41, 5.74) is 0.861. The van der Waals surface area contributed by atoms with E-state index in [4.69, 9.17) is 9.47 Å². The highest BCUT2D eigenvalue weighted by Crippen LogP contribution is 2.32. The van der Waals surface area contributed by atoms with Gasteiger partial charge in [0.05, 0.1) is 12.9 Å². The molecule has 0 bridgehead atoms. The Morgan fingerprint density at radius 3 is 2.71 bits per heavy atom. The Bertz CT molecular complexity index is 1090. The first-order valence-electron chi connectivity index (χ1n) is 9.90. The first kappa shape index (κ1) is 21.0. The van der Waals surface area contributed by atoms with Crippen LogP contribution in [0.15, 0.2) is 36.7 Å². The summed E-state index contributed by atoms with van der Waals surface area (Å²) in [6, 6.07) is 9.34. The lowest BCUT2D eigenvalue weighted by molar-refractivity contribution is -0.0511. The van der Waals surface area contributed by atoms with Gasteiger partial charge in [-0.3, -0.25) is 4.57 Å². The third-order valence-electron chi connectivity index (χ3n) is 4.81. The molecule has 0 saturated carbocycles. The Morgan fingerprint density at radius 2 is 2.00 bits per heavy atom. The summed E-state index contributed by atoms with van der Waals surface area (Å²) in [5, 5.41) is 32.9. The van der Waals surface area contributed by atoms with Gasteiger partial charge in [0.15, 0.2) is 23.2 Å². The van der Waals surface area contributed by atoms with Gasteiger partial charge in [0.1, 0.15) is 30.7 Å². The molecule has 0 unspecified atom stereocenters. The van der Waals surface area contributed by atoms with Crippen molar-refractivity contribution >= 4 is 17.0 Å². The second-order valence-corrected chi connectivity index (χ2v) is 6.88. The van der Waals surface area contributed by atoms with Gasteiger partial charge in [0, 0.05) is 6.54 Å². The molecular formula is C21H23N5O5. The van der Waals surface area contributed by atoms with Gasteiger partial charge >= 0.3 is 0 Å². The number of para-hydroxylation sites is 1. The maximum absolute atomic E-state index is 10.4. The topological polar surface area (TPSA) is 135 Å². The maximum atomic E-state index is 10.4. The Balaban J connectivity index is 1.63. The minimum absolute atomic E-state index is 0.163. The molecule has 162 valence electrons. The van der Waals surface area contributed by atoms with E-state index in [1.807, 2.05) is 37.3 Å². The highest BCUT2D eigenvalue weighted by atomic mass is 16.6. The molecule has 1 aliphatic heterocycles. The summed E-state index contributed by atoms with van der Waals surface area (Å²) in [6.45, 7) is 2.28. The zero-order valence-corrected chi connectivity index (χ0v) is 16.8. The number of aliphatic hydroxyl groups is 3. The first-order valence-corrected chi connectivity index (χ1v) is 9.90. The van der Waals surface area contributed by atoms with Crippen LogP contribution in [0.4, 0.5) is 5.82 Å². The van der Waals surface area contributed by atoms with Crippen LogP contribution in [-0.4, -0.2) is 72.9 Å². The largest absolute Gasteiger partial charge is 0.481 e. The molecular weight excluding hydrogens is 402 g/mol. The first-order chi connectivity index (χ1) is 15.1. The van der Waals surface area contributed by atoms with Gasteiger partial charge in [-0.1, -0.05) is 24.1 Å². The molecule has 2 aromatic heterocycles. The minimum Gasteiger partial charge on any atom is -0.481 e. The van der Waals surface area contributed by atoms with Crippen LogP contribution in [0.5, 0.6) is 5.75 Å². The van der Waals surface area contributed by atoms with Crippen LogP contribution in [0.2, 0.25) is 0 Å². The van der Waals surface area contributed by atoms with Crippen molar-refractivity contribution in [3.8, 4) is 17.6 Å². The van der Waals surface area contributed by atoms with Crippen molar-refractivity contribution < 1.29 is 24.8 Å². The Morgan fingerprint density at radius 1 is 1.19 bits per heavy atom. The quantitative estimate of drug-likeness (QED) is 0.411. The van der Waals surface area contributed by atoms with Gasteiger partial charge in [-0.15, -0.1) is 0 Å². The van der Waals surface area contributed by atoms with E-state index < -0.39 is 31.1 Å². The monoisotopic (exact) mass is 425 g/mol. The van der Waals surface area contributed by atoms with E-state index in [9.17, 15) is 15.3 Å². The van der Waals surface area contributed by atoms with Crippen LogP contribution < -0.4 is 10.1 Å². The summed E-state index contributed by atoms with van der Waals surface area (Å²) < 4.78 is 12.7. The van der Waals surface area contributed by atoms with Crippen molar-refractivity contribution in [3.05, 3.63) is 42.5 Å². The fourth-order valence-electron chi connectivity index (χ4n) is 3.31. The Labute approximate surface area is 178 Å². The molecule has 1 aromatic carbocycles. The summed E-state index contributed by atoms with van der Waals surface area (Å²) in [5.74, 6) is 7.22. The third kappa shape index (κ3) is 4.30. The number of fused-ring (bicyclic) bond motifs is 1. The zero-order chi connectivity index (χ0) is 21.8. The van der Waals surface area contributed by atoms with E-state index in [1.165, 1.54) is 10.9 Å². The van der Waals surface area contributed by atoms with Crippen molar-refractivity contribution in [3.63, 3.8) is 0 Å². The molecule has 0 aliphatic carbocycles. The number of hydrogen-bond acceptors (Lipinski definition) is 9. The second kappa shape index (κ2) is 9.28. The molecule has 10 heteroatoms. The molecule has 4 rings (SSSR count). The molecule has 1 aliphatic rings. The smallest absolute Gasteiger partial charge is 0.209 e. The van der Waals surface area contributed by atoms with Gasteiger partial charge in [-0.25, -0.2) is 15.0 Å². The highest BCUT2D eigenvalue weighted by molar-refractivity contribution is 5.83. The minimum atomic E-state index is -1.25. The highest BCUT2D eigenvalue weighted by Gasteiger charge is 2.44. The average molecular weight is 425 g/mol. The molecule has 0 amide bonds. The third-order valence-corrected chi connectivity index (χ3v) is 4.81. The molecule has 1 saturated heterocycles. The van der Waals surface area contributed by atoms with Crippen molar-refractivity contribution in [1.82, 2.24) is 19.5 Å². The average Bonchev–Trinajstić information content (AvgIpc) is 3.33. The number of imidazole rings is 1. The molecule has 3 heterocycles. The number of hydrogen-bond donors (Lipinski definition) is 4. The van der Waals surface area contributed by atoms with Crippen molar-refractivity contribution in [2.45, 2.75) is 31.5 Å². The van der Waals surface area contributed by atoms with Crippen molar-refractivity contribution in [2.75, 3.05) is 25.1 Å². The van der Waals surface area contributed by atoms with E-state index in [1.54, 1.807) is 0 Å². The lowest BCUT2D eigenvalue weighted by Gasteiger charge is -2.16. The lowest BCUT2D eigenvalue weighted by Crippen LogP contribution is -2.33. The van der Waals surface area contributed by atoms with E-state index in [0.717, 1.165) is 0 Å². The normalized spacial score (nSPS) is 22.8. The molecule has 3 aromatic rings. The number of aromatic nitrogens is 4. The maximum Gasteiger partial charge on any atom is 0.209 e. The predicted octanol–water partition coefficient (Wildman–Crippen LogP) is 0.300. The van der Waals surface area contributed by atoms with E-state index in [2.05, 4.69) is 32.1 Å². The predicted molar refractivity (Wildman–Crippen MR) is 111 cm³/mol. The van der Waals surface area contributed by atoms with Crippen LogP contribution in [0.1, 0.15) is 19.0 Å².